The number of fused-ring (bicyclic) bond motifs is 1. The first kappa shape index (κ1) is 19.8. The van der Waals surface area contributed by atoms with Crippen molar-refractivity contribution in [3.8, 4) is 11.5 Å². The average Bonchev–Trinajstić information content (AvgIpc) is 3.24. The molecule has 7 heteroatoms. The number of aromatic nitrogens is 2. The van der Waals surface area contributed by atoms with Crippen LogP contribution in [0.15, 0.2) is 30.5 Å². The molecule has 4 rings (SSSR count). The normalized spacial score (nSPS) is 26.3. The summed E-state index contributed by atoms with van der Waals surface area (Å²) in [5, 5.41) is 15.0. The smallest absolute Gasteiger partial charge is 0.227 e. The molecule has 1 saturated carbocycles. The quantitative estimate of drug-likeness (QED) is 0.832. The zero-order valence-corrected chi connectivity index (χ0v) is 17.2. The van der Waals surface area contributed by atoms with Gasteiger partial charge in [-0.25, -0.2) is 0 Å². The predicted molar refractivity (Wildman–Crippen MR) is 108 cm³/mol. The molecule has 2 heterocycles. The van der Waals surface area contributed by atoms with Crippen LogP contribution in [-0.2, 0) is 18.3 Å². The van der Waals surface area contributed by atoms with E-state index in [1.54, 1.807) is 11.8 Å². The second-order valence-electron chi connectivity index (χ2n) is 8.25. The van der Waals surface area contributed by atoms with Gasteiger partial charge in [0.15, 0.2) is 11.5 Å². The Kier molecular flexibility index (Phi) is 5.50. The SMILES string of the molecule is COc1ccccc1O[C@@H]1C[C@@H]2CN(C(=O)Cc3cn(C)nc3C)C[C@@H]2C[C@H]1O. The minimum atomic E-state index is -0.545. The van der Waals surface area contributed by atoms with Gasteiger partial charge >= 0.3 is 0 Å². The van der Waals surface area contributed by atoms with Crippen LogP contribution in [0.25, 0.3) is 0 Å². The number of benzene rings is 1. The van der Waals surface area contributed by atoms with E-state index < -0.39 is 6.10 Å². The van der Waals surface area contributed by atoms with Crippen molar-refractivity contribution in [2.75, 3.05) is 20.2 Å². The maximum absolute atomic E-state index is 12.8. The van der Waals surface area contributed by atoms with E-state index in [0.29, 0.717) is 42.7 Å². The van der Waals surface area contributed by atoms with Gasteiger partial charge < -0.3 is 19.5 Å². The van der Waals surface area contributed by atoms with E-state index in [9.17, 15) is 9.90 Å². The first-order valence-electron chi connectivity index (χ1n) is 10.2. The lowest BCUT2D eigenvalue weighted by Crippen LogP contribution is -2.42. The van der Waals surface area contributed by atoms with Gasteiger partial charge in [0.05, 0.1) is 25.3 Å². The molecule has 2 aliphatic rings. The van der Waals surface area contributed by atoms with Gasteiger partial charge in [-0.05, 0) is 43.7 Å². The Balaban J connectivity index is 1.39. The van der Waals surface area contributed by atoms with Crippen LogP contribution in [-0.4, -0.2) is 58.1 Å². The number of ether oxygens (including phenoxy) is 2. The van der Waals surface area contributed by atoms with Crippen molar-refractivity contribution in [1.82, 2.24) is 14.7 Å². The van der Waals surface area contributed by atoms with Crippen molar-refractivity contribution in [3.05, 3.63) is 41.7 Å². The topological polar surface area (TPSA) is 76.8 Å². The molecule has 1 aromatic heterocycles. The van der Waals surface area contributed by atoms with E-state index in [4.69, 9.17) is 9.47 Å². The summed E-state index contributed by atoms with van der Waals surface area (Å²) in [5.74, 6) is 2.11. The fourth-order valence-electron chi connectivity index (χ4n) is 4.70. The molecule has 29 heavy (non-hydrogen) atoms. The highest BCUT2D eigenvalue weighted by Gasteiger charge is 2.44. The number of hydrogen-bond donors (Lipinski definition) is 1. The van der Waals surface area contributed by atoms with E-state index in [1.165, 1.54) is 0 Å². The summed E-state index contributed by atoms with van der Waals surface area (Å²) in [6, 6.07) is 7.50. The molecule has 2 aromatic rings. The summed E-state index contributed by atoms with van der Waals surface area (Å²) >= 11 is 0. The van der Waals surface area contributed by atoms with Gasteiger partial charge in [0.1, 0.15) is 6.10 Å². The number of aliphatic hydroxyl groups excluding tert-OH is 1. The molecule has 1 N–H and O–H groups in total. The second-order valence-corrected chi connectivity index (χ2v) is 8.25. The molecule has 0 spiro atoms. The molecule has 1 amide bonds. The molecule has 1 aliphatic carbocycles. The number of aliphatic hydroxyl groups is 1. The van der Waals surface area contributed by atoms with Crippen LogP contribution in [0.2, 0.25) is 0 Å². The van der Waals surface area contributed by atoms with E-state index in [2.05, 4.69) is 5.10 Å². The summed E-state index contributed by atoms with van der Waals surface area (Å²) in [7, 11) is 3.48. The van der Waals surface area contributed by atoms with Crippen molar-refractivity contribution >= 4 is 5.91 Å². The van der Waals surface area contributed by atoms with Gasteiger partial charge in [-0.3, -0.25) is 9.48 Å². The highest BCUT2D eigenvalue weighted by atomic mass is 16.5. The van der Waals surface area contributed by atoms with Gasteiger partial charge in [0, 0.05) is 31.9 Å². The van der Waals surface area contributed by atoms with Crippen LogP contribution in [0, 0.1) is 18.8 Å². The van der Waals surface area contributed by atoms with Crippen LogP contribution in [0.3, 0.4) is 0 Å². The summed E-state index contributed by atoms with van der Waals surface area (Å²) in [5.41, 5.74) is 1.88. The summed E-state index contributed by atoms with van der Waals surface area (Å²) in [6.07, 6.45) is 2.85. The number of amides is 1. The number of aryl methyl sites for hydroxylation is 2. The summed E-state index contributed by atoms with van der Waals surface area (Å²) in [4.78, 5) is 14.8. The number of para-hydroxylation sites is 2. The van der Waals surface area contributed by atoms with E-state index in [1.807, 2.05) is 49.3 Å². The zero-order chi connectivity index (χ0) is 20.5. The monoisotopic (exact) mass is 399 g/mol. The maximum Gasteiger partial charge on any atom is 0.227 e. The highest BCUT2D eigenvalue weighted by Crippen LogP contribution is 2.39. The molecule has 0 unspecified atom stereocenters. The van der Waals surface area contributed by atoms with Crippen LogP contribution >= 0.6 is 0 Å². The molecule has 1 aliphatic heterocycles. The van der Waals surface area contributed by atoms with E-state index >= 15 is 0 Å². The Bertz CT molecular complexity index is 881. The van der Waals surface area contributed by atoms with Crippen LogP contribution in [0.4, 0.5) is 0 Å². The third kappa shape index (κ3) is 4.10. The number of methoxy groups -OCH3 is 1. The first-order valence-corrected chi connectivity index (χ1v) is 10.2. The van der Waals surface area contributed by atoms with Crippen molar-refractivity contribution < 1.29 is 19.4 Å². The molecular weight excluding hydrogens is 370 g/mol. The van der Waals surface area contributed by atoms with Crippen LogP contribution in [0.1, 0.15) is 24.1 Å². The maximum atomic E-state index is 12.8. The third-order valence-electron chi connectivity index (χ3n) is 6.24. The Morgan fingerprint density at radius 1 is 1.21 bits per heavy atom. The molecule has 4 atom stereocenters. The molecule has 2 fully saturated rings. The fourth-order valence-corrected chi connectivity index (χ4v) is 4.70. The number of rotatable bonds is 5. The Labute approximate surface area is 171 Å². The number of hydrogen-bond acceptors (Lipinski definition) is 5. The lowest BCUT2D eigenvalue weighted by molar-refractivity contribution is -0.129. The molecule has 0 bridgehead atoms. The number of carbonyl (C=O) groups excluding carboxylic acids is 1. The number of carbonyl (C=O) groups is 1. The van der Waals surface area contributed by atoms with Gasteiger partial charge in [0.2, 0.25) is 5.91 Å². The van der Waals surface area contributed by atoms with Gasteiger partial charge in [-0.1, -0.05) is 12.1 Å². The Morgan fingerprint density at radius 2 is 1.90 bits per heavy atom. The predicted octanol–water partition coefficient (Wildman–Crippen LogP) is 1.96. The molecule has 7 nitrogen and oxygen atoms in total. The molecule has 156 valence electrons. The van der Waals surface area contributed by atoms with Crippen molar-refractivity contribution in [2.45, 2.75) is 38.4 Å². The van der Waals surface area contributed by atoms with Gasteiger partial charge in [-0.2, -0.15) is 5.10 Å². The van der Waals surface area contributed by atoms with Crippen LogP contribution < -0.4 is 9.47 Å². The Morgan fingerprint density at radius 3 is 2.55 bits per heavy atom. The number of likely N-dealkylation sites (tertiary alicyclic amines) is 1. The van der Waals surface area contributed by atoms with Gasteiger partial charge in [-0.15, -0.1) is 0 Å². The van der Waals surface area contributed by atoms with Crippen LogP contribution in [0.5, 0.6) is 11.5 Å². The lowest BCUT2D eigenvalue weighted by atomic mass is 9.78. The second kappa shape index (κ2) is 8.06. The molecule has 1 aromatic carbocycles. The van der Waals surface area contributed by atoms with E-state index in [-0.39, 0.29) is 12.0 Å². The van der Waals surface area contributed by atoms with E-state index in [0.717, 1.165) is 24.2 Å². The highest BCUT2D eigenvalue weighted by molar-refractivity contribution is 5.79. The average molecular weight is 399 g/mol. The van der Waals surface area contributed by atoms with Crippen molar-refractivity contribution in [1.29, 1.82) is 0 Å². The molecule has 1 saturated heterocycles. The molecule has 0 radical (unpaired) electrons. The lowest BCUT2D eigenvalue weighted by Gasteiger charge is -2.35. The standard InChI is InChI=1S/C22H29N3O4/c1-14-15(11-24(2)23-14)10-22(27)25-12-16-8-18(26)21(9-17(16)13-25)29-20-7-5-4-6-19(20)28-3/h4-7,11,16-18,21,26H,8-10,12-13H2,1-3H3/t16-,17+,18+,21+/m0/s1. The van der Waals surface area contributed by atoms with Gasteiger partial charge in [0.25, 0.3) is 0 Å². The largest absolute Gasteiger partial charge is 0.493 e. The summed E-state index contributed by atoms with van der Waals surface area (Å²) < 4.78 is 13.2. The fraction of sp³-hybridized carbons (Fsp3) is 0.545. The first-order chi connectivity index (χ1) is 13.9. The molecular formula is C22H29N3O4. The zero-order valence-electron chi connectivity index (χ0n) is 17.2. The third-order valence-corrected chi connectivity index (χ3v) is 6.24. The minimum Gasteiger partial charge on any atom is -0.493 e. The summed E-state index contributed by atoms with van der Waals surface area (Å²) in [6.45, 7) is 3.37. The van der Waals surface area contributed by atoms with Crippen molar-refractivity contribution in [2.24, 2.45) is 18.9 Å². The van der Waals surface area contributed by atoms with Crippen molar-refractivity contribution in [3.63, 3.8) is 0 Å². The minimum absolute atomic E-state index is 0.132. The number of nitrogens with zero attached hydrogens (tertiary/aromatic N) is 3. The Hall–Kier alpha value is -2.54.